The molecule has 0 atom stereocenters. The van der Waals surface area contributed by atoms with Crippen LogP contribution in [0.15, 0.2) is 168 Å². The Hall–Kier alpha value is -4.02. The van der Waals surface area contributed by atoms with Crippen LogP contribution in [-0.2, 0) is 18.6 Å². The molecule has 0 aromatic heterocycles. The van der Waals surface area contributed by atoms with Gasteiger partial charge < -0.3 is 10.6 Å². The molecule has 0 amide bonds. The summed E-state index contributed by atoms with van der Waals surface area (Å²) in [5, 5.41) is 6.77. The van der Waals surface area contributed by atoms with E-state index in [9.17, 15) is 0 Å². The molecule has 0 saturated carbocycles. The number of hydrogen-bond acceptors (Lipinski definition) is 2. The zero-order valence-corrected chi connectivity index (χ0v) is 24.9. The molecule has 6 aromatic rings. The van der Waals surface area contributed by atoms with Crippen molar-refractivity contribution in [2.24, 2.45) is 0 Å². The first-order valence-corrected chi connectivity index (χ1v) is 13.7. The van der Waals surface area contributed by atoms with Gasteiger partial charge in [0.1, 0.15) is 0 Å². The van der Waals surface area contributed by atoms with Gasteiger partial charge in [0.25, 0.3) is 0 Å². The van der Waals surface area contributed by atoms with Crippen LogP contribution < -0.4 is 10.6 Å². The van der Waals surface area contributed by atoms with Crippen molar-refractivity contribution in [3.05, 3.63) is 168 Å². The molecule has 0 bridgehead atoms. The summed E-state index contributed by atoms with van der Waals surface area (Å²) in [6.07, 6.45) is 0. The monoisotopic (exact) mass is 619 g/mol. The van der Waals surface area contributed by atoms with Crippen molar-refractivity contribution in [1.82, 2.24) is 0 Å². The Balaban J connectivity index is 0.000000181. The van der Waals surface area contributed by atoms with Crippen molar-refractivity contribution in [2.45, 2.75) is 0 Å². The fourth-order valence-electron chi connectivity index (χ4n) is 4.14. The maximum atomic E-state index is 3.44. The van der Waals surface area contributed by atoms with Gasteiger partial charge >= 0.3 is 0 Å². The average Bonchev–Trinajstić information content (AvgIpc) is 3.01. The molecule has 0 aliphatic heterocycles. The predicted molar refractivity (Wildman–Crippen MR) is 171 cm³/mol. The molecule has 6 rings (SSSR count). The molecule has 195 valence electrons. The van der Waals surface area contributed by atoms with Gasteiger partial charge in [0, 0.05) is 45.8 Å². The average molecular weight is 620 g/mol. The summed E-state index contributed by atoms with van der Waals surface area (Å²) >= 11 is 3.44. The van der Waals surface area contributed by atoms with Gasteiger partial charge in [-0.3, -0.25) is 0 Å². The smallest absolute Gasteiger partial charge is 0.0384 e. The zero-order valence-electron chi connectivity index (χ0n) is 21.9. The fraction of sp³-hybridized carbons (Fsp3) is 0. The van der Waals surface area contributed by atoms with Crippen LogP contribution in [0.25, 0.3) is 22.3 Å². The van der Waals surface area contributed by atoms with Gasteiger partial charge in [-0.15, -0.1) is 0 Å². The summed E-state index contributed by atoms with van der Waals surface area (Å²) in [6.45, 7) is 0. The SMILES string of the molecule is Brc1ccc(Nc2ccc(-c3ccccc3)cc2)cc1.[V].c1ccc(Nc2ccc(-c3ccccc3)cc2)cc1. The molecule has 2 nitrogen and oxygen atoms in total. The van der Waals surface area contributed by atoms with Crippen LogP contribution in [0.2, 0.25) is 0 Å². The van der Waals surface area contributed by atoms with Crippen LogP contribution in [0.3, 0.4) is 0 Å². The largest absolute Gasteiger partial charge is 0.356 e. The summed E-state index contributed by atoms with van der Waals surface area (Å²) in [6, 6.07) is 56.1. The third-order valence-corrected chi connectivity index (χ3v) is 6.71. The first kappa shape index (κ1) is 29.0. The molecule has 6 aromatic carbocycles. The van der Waals surface area contributed by atoms with E-state index in [1.807, 2.05) is 42.5 Å². The van der Waals surface area contributed by atoms with Gasteiger partial charge in [0.2, 0.25) is 0 Å². The molecule has 4 heteroatoms. The Kier molecular flexibility index (Phi) is 10.8. The second-order valence-corrected chi connectivity index (χ2v) is 9.93. The quantitative estimate of drug-likeness (QED) is 0.194. The summed E-state index contributed by atoms with van der Waals surface area (Å²) in [5.41, 5.74) is 9.33. The van der Waals surface area contributed by atoms with Crippen LogP contribution in [0.1, 0.15) is 0 Å². The van der Waals surface area contributed by atoms with Gasteiger partial charge in [-0.05, 0) is 82.9 Å². The third-order valence-electron chi connectivity index (χ3n) is 6.18. The second-order valence-electron chi connectivity index (χ2n) is 9.01. The van der Waals surface area contributed by atoms with E-state index in [-0.39, 0.29) is 18.6 Å². The zero-order chi connectivity index (χ0) is 26.7. The van der Waals surface area contributed by atoms with Crippen molar-refractivity contribution in [2.75, 3.05) is 10.6 Å². The summed E-state index contributed by atoms with van der Waals surface area (Å²) in [5.74, 6) is 0. The van der Waals surface area contributed by atoms with Gasteiger partial charge in [0.15, 0.2) is 0 Å². The Morgan fingerprint density at radius 1 is 0.300 bits per heavy atom. The minimum absolute atomic E-state index is 0. The van der Waals surface area contributed by atoms with Crippen LogP contribution in [0.5, 0.6) is 0 Å². The maximum absolute atomic E-state index is 3.44. The van der Waals surface area contributed by atoms with Gasteiger partial charge in [-0.2, -0.15) is 0 Å². The molecule has 2 N–H and O–H groups in total. The van der Waals surface area contributed by atoms with Crippen molar-refractivity contribution >= 4 is 38.7 Å². The fourth-order valence-corrected chi connectivity index (χ4v) is 4.41. The number of nitrogens with one attached hydrogen (secondary N) is 2. The molecule has 0 aliphatic rings. The van der Waals surface area contributed by atoms with E-state index in [4.69, 9.17) is 0 Å². The number of rotatable bonds is 6. The number of para-hydroxylation sites is 1. The van der Waals surface area contributed by atoms with E-state index in [0.717, 1.165) is 27.2 Å². The van der Waals surface area contributed by atoms with Crippen molar-refractivity contribution in [3.8, 4) is 22.3 Å². The molecule has 0 saturated heterocycles. The van der Waals surface area contributed by atoms with Crippen molar-refractivity contribution in [1.29, 1.82) is 0 Å². The molecule has 0 unspecified atom stereocenters. The molecule has 0 fully saturated rings. The minimum atomic E-state index is 0. The topological polar surface area (TPSA) is 24.1 Å². The number of anilines is 4. The first-order valence-electron chi connectivity index (χ1n) is 12.9. The number of benzene rings is 6. The van der Waals surface area contributed by atoms with E-state index < -0.39 is 0 Å². The maximum Gasteiger partial charge on any atom is 0.0384 e. The Morgan fingerprint density at radius 3 is 0.950 bits per heavy atom. The summed E-state index contributed by atoms with van der Waals surface area (Å²) in [4.78, 5) is 0. The van der Waals surface area contributed by atoms with Crippen molar-refractivity contribution in [3.63, 3.8) is 0 Å². The van der Waals surface area contributed by atoms with E-state index in [0.29, 0.717) is 0 Å². The van der Waals surface area contributed by atoms with Crippen LogP contribution in [0, 0.1) is 0 Å². The molecular formula is C36H29BrN2V. The van der Waals surface area contributed by atoms with Crippen molar-refractivity contribution < 1.29 is 18.6 Å². The first-order chi connectivity index (χ1) is 19.2. The second kappa shape index (κ2) is 15.0. The molecule has 40 heavy (non-hydrogen) atoms. The summed E-state index contributed by atoms with van der Waals surface area (Å²) in [7, 11) is 0. The molecule has 1 radical (unpaired) electrons. The summed E-state index contributed by atoms with van der Waals surface area (Å²) < 4.78 is 1.09. The normalized spacial score (nSPS) is 9.93. The van der Waals surface area contributed by atoms with E-state index in [1.165, 1.54) is 22.3 Å². The van der Waals surface area contributed by atoms with Gasteiger partial charge in [-0.25, -0.2) is 0 Å². The van der Waals surface area contributed by atoms with Gasteiger partial charge in [-0.1, -0.05) is 119 Å². The van der Waals surface area contributed by atoms with Gasteiger partial charge in [0.05, 0.1) is 0 Å². The molecule has 0 aliphatic carbocycles. The molecular weight excluding hydrogens is 591 g/mol. The Bertz CT molecular complexity index is 1560. The molecule has 0 heterocycles. The predicted octanol–water partition coefficient (Wildman–Crippen LogP) is 11.0. The van der Waals surface area contributed by atoms with Crippen LogP contribution in [0.4, 0.5) is 22.7 Å². The Morgan fingerprint density at radius 2 is 0.575 bits per heavy atom. The standard InChI is InChI=1S/C18H14BrN.C18H15N.V/c19-16-8-12-18(13-9-16)20-17-10-6-15(7-11-17)14-4-2-1-3-5-14;1-3-7-15(8-4-1)16-11-13-18(14-12-16)19-17-9-5-2-6-10-17;/h1-13,20H;1-14,19H;. The third kappa shape index (κ3) is 8.49. The Labute approximate surface area is 257 Å². The molecule has 0 spiro atoms. The van der Waals surface area contributed by atoms with E-state index in [1.54, 1.807) is 0 Å². The van der Waals surface area contributed by atoms with Crippen LogP contribution in [-0.4, -0.2) is 0 Å². The van der Waals surface area contributed by atoms with Crippen LogP contribution >= 0.6 is 15.9 Å². The van der Waals surface area contributed by atoms with E-state index >= 15 is 0 Å². The van der Waals surface area contributed by atoms with E-state index in [2.05, 4.69) is 148 Å². The number of halogens is 1. The number of hydrogen-bond donors (Lipinski definition) is 2. The minimum Gasteiger partial charge on any atom is -0.356 e.